The number of halogens is 1. The van der Waals surface area contributed by atoms with Crippen molar-refractivity contribution in [1.82, 2.24) is 4.90 Å². The number of ether oxygens (including phenoxy) is 2. The van der Waals surface area contributed by atoms with Crippen molar-refractivity contribution in [2.45, 2.75) is 13.8 Å². The van der Waals surface area contributed by atoms with Gasteiger partial charge in [0.1, 0.15) is 17.3 Å². The topological polar surface area (TPSA) is 67.9 Å². The molecule has 2 aliphatic rings. The minimum Gasteiger partial charge on any atom is -0.493 e. The van der Waals surface area contributed by atoms with E-state index in [9.17, 15) is 14.0 Å². The fourth-order valence-corrected chi connectivity index (χ4v) is 3.29. The fourth-order valence-electron chi connectivity index (χ4n) is 3.29. The van der Waals surface area contributed by atoms with Crippen LogP contribution in [0.3, 0.4) is 0 Å². The lowest BCUT2D eigenvalue weighted by atomic mass is 9.99. The molecule has 6 nitrogen and oxygen atoms in total. The van der Waals surface area contributed by atoms with E-state index in [1.54, 1.807) is 4.90 Å². The largest absolute Gasteiger partial charge is 0.493 e. The molecule has 0 saturated carbocycles. The van der Waals surface area contributed by atoms with Crippen LogP contribution in [0.25, 0.3) is 0 Å². The van der Waals surface area contributed by atoms with Gasteiger partial charge in [0.25, 0.3) is 11.8 Å². The van der Waals surface area contributed by atoms with Gasteiger partial charge >= 0.3 is 0 Å². The van der Waals surface area contributed by atoms with E-state index in [2.05, 4.69) is 5.32 Å². The predicted octanol–water partition coefficient (Wildman–Crippen LogP) is 2.92. The summed E-state index contributed by atoms with van der Waals surface area (Å²) in [6, 6.07) is 8.42. The molecule has 146 valence electrons. The summed E-state index contributed by atoms with van der Waals surface area (Å²) in [5.74, 6) is -0.141. The van der Waals surface area contributed by atoms with Crippen LogP contribution in [0, 0.1) is 25.6 Å². The Bertz CT molecular complexity index is 954. The van der Waals surface area contributed by atoms with Gasteiger partial charge < -0.3 is 19.7 Å². The van der Waals surface area contributed by atoms with Gasteiger partial charge in [-0.1, -0.05) is 6.07 Å². The van der Waals surface area contributed by atoms with Crippen molar-refractivity contribution < 1.29 is 23.5 Å². The van der Waals surface area contributed by atoms with Crippen molar-refractivity contribution in [3.63, 3.8) is 0 Å². The average Bonchev–Trinajstić information content (AvgIpc) is 2.62. The second kappa shape index (κ2) is 7.14. The van der Waals surface area contributed by atoms with Crippen LogP contribution in [-0.4, -0.2) is 43.0 Å². The van der Waals surface area contributed by atoms with Crippen LogP contribution < -0.4 is 14.8 Å². The molecule has 4 rings (SSSR count). The fraction of sp³-hybridized carbons (Fsp3) is 0.333. The lowest BCUT2D eigenvalue weighted by Gasteiger charge is -2.39. The minimum absolute atomic E-state index is 0.0712. The number of anilines is 1. The highest BCUT2D eigenvalue weighted by atomic mass is 19.1. The van der Waals surface area contributed by atoms with Gasteiger partial charge in [-0.25, -0.2) is 4.39 Å². The first kappa shape index (κ1) is 18.3. The van der Waals surface area contributed by atoms with Crippen LogP contribution in [0.15, 0.2) is 30.3 Å². The maximum absolute atomic E-state index is 14.3. The highest BCUT2D eigenvalue weighted by Crippen LogP contribution is 2.32. The van der Waals surface area contributed by atoms with Crippen molar-refractivity contribution in [3.05, 3.63) is 52.8 Å². The van der Waals surface area contributed by atoms with Crippen molar-refractivity contribution in [3.8, 4) is 11.5 Å². The Balaban J connectivity index is 1.35. The van der Waals surface area contributed by atoms with Crippen molar-refractivity contribution in [2.75, 3.05) is 31.6 Å². The zero-order valence-corrected chi connectivity index (χ0v) is 15.8. The van der Waals surface area contributed by atoms with E-state index in [0.717, 1.165) is 11.8 Å². The molecule has 2 aliphatic heterocycles. The van der Waals surface area contributed by atoms with Crippen molar-refractivity contribution in [1.29, 1.82) is 0 Å². The Labute approximate surface area is 162 Å². The van der Waals surface area contributed by atoms with Crippen molar-refractivity contribution >= 4 is 17.5 Å². The smallest absolute Gasteiger partial charge is 0.262 e. The molecule has 0 aromatic heterocycles. The molecule has 0 unspecified atom stereocenters. The predicted molar refractivity (Wildman–Crippen MR) is 101 cm³/mol. The summed E-state index contributed by atoms with van der Waals surface area (Å²) in [6.07, 6.45) is 0. The van der Waals surface area contributed by atoms with E-state index in [0.29, 0.717) is 25.4 Å². The summed E-state index contributed by atoms with van der Waals surface area (Å²) in [5, 5.41) is 2.59. The van der Waals surface area contributed by atoms with E-state index in [1.165, 1.54) is 17.2 Å². The number of aryl methyl sites for hydroxylation is 2. The van der Waals surface area contributed by atoms with E-state index in [4.69, 9.17) is 9.47 Å². The molecule has 0 bridgehead atoms. The lowest BCUT2D eigenvalue weighted by Crippen LogP contribution is -2.52. The number of carbonyl (C=O) groups is 2. The van der Waals surface area contributed by atoms with Crippen LogP contribution in [0.2, 0.25) is 0 Å². The quantitative estimate of drug-likeness (QED) is 0.880. The van der Waals surface area contributed by atoms with Crippen LogP contribution in [0.1, 0.15) is 21.5 Å². The maximum Gasteiger partial charge on any atom is 0.262 e. The second-order valence-corrected chi connectivity index (χ2v) is 7.30. The van der Waals surface area contributed by atoms with Gasteiger partial charge in [-0.15, -0.1) is 0 Å². The standard InChI is InChI=1S/C21H21FN2O4/c1-12-3-4-15(5-13(12)2)27-10-14-8-24(9-14)21(26)16-6-18-19(7-17(16)22)28-11-20(25)23-18/h3-7,14H,8-11H2,1-2H3,(H,23,25). The number of nitrogens with zero attached hydrogens (tertiary/aromatic N) is 1. The number of nitrogens with one attached hydrogen (secondary N) is 1. The molecular formula is C21H21FN2O4. The van der Waals surface area contributed by atoms with Gasteiger partial charge in [0.05, 0.1) is 17.9 Å². The SMILES string of the molecule is Cc1ccc(OCC2CN(C(=O)c3cc4c(cc3F)OCC(=O)N4)C2)cc1C. The molecule has 2 heterocycles. The van der Waals surface area contributed by atoms with Gasteiger partial charge in [0.2, 0.25) is 0 Å². The molecular weight excluding hydrogens is 363 g/mol. The highest BCUT2D eigenvalue weighted by Gasteiger charge is 2.33. The Hall–Kier alpha value is -3.09. The van der Waals surface area contributed by atoms with Crippen LogP contribution >= 0.6 is 0 Å². The number of likely N-dealkylation sites (tertiary alicyclic amines) is 1. The third-order valence-electron chi connectivity index (χ3n) is 5.14. The summed E-state index contributed by atoms with van der Waals surface area (Å²) in [5.41, 5.74) is 2.62. The first-order chi connectivity index (χ1) is 13.4. The van der Waals surface area contributed by atoms with Gasteiger partial charge in [0.15, 0.2) is 6.61 Å². The van der Waals surface area contributed by atoms with Crippen molar-refractivity contribution in [2.24, 2.45) is 5.92 Å². The Kier molecular flexibility index (Phi) is 4.66. The molecule has 2 aromatic carbocycles. The lowest BCUT2D eigenvalue weighted by molar-refractivity contribution is -0.118. The number of amides is 2. The molecule has 0 radical (unpaired) electrons. The highest BCUT2D eigenvalue weighted by molar-refractivity contribution is 6.00. The summed E-state index contributed by atoms with van der Waals surface area (Å²) in [7, 11) is 0. The molecule has 2 aromatic rings. The summed E-state index contributed by atoms with van der Waals surface area (Å²) in [4.78, 5) is 25.6. The van der Waals surface area contributed by atoms with Gasteiger partial charge in [0, 0.05) is 25.1 Å². The molecule has 1 fully saturated rings. The number of rotatable bonds is 4. The molecule has 28 heavy (non-hydrogen) atoms. The van der Waals surface area contributed by atoms with Gasteiger partial charge in [-0.05, 0) is 43.2 Å². The van der Waals surface area contributed by atoms with E-state index < -0.39 is 11.7 Å². The summed E-state index contributed by atoms with van der Waals surface area (Å²) < 4.78 is 25.3. The van der Waals surface area contributed by atoms with Gasteiger partial charge in [-0.3, -0.25) is 9.59 Å². The van der Waals surface area contributed by atoms with E-state index >= 15 is 0 Å². The minimum atomic E-state index is -0.658. The number of fused-ring (bicyclic) bond motifs is 1. The van der Waals surface area contributed by atoms with E-state index in [-0.39, 0.29) is 29.7 Å². The zero-order valence-electron chi connectivity index (χ0n) is 15.8. The second-order valence-electron chi connectivity index (χ2n) is 7.30. The molecule has 0 spiro atoms. The Morgan fingerprint density at radius 3 is 2.79 bits per heavy atom. The van der Waals surface area contributed by atoms with E-state index in [1.807, 2.05) is 32.0 Å². The molecule has 0 aliphatic carbocycles. The zero-order chi connectivity index (χ0) is 19.8. The Morgan fingerprint density at radius 1 is 1.25 bits per heavy atom. The van der Waals surface area contributed by atoms with Crippen LogP contribution in [0.5, 0.6) is 11.5 Å². The molecule has 1 saturated heterocycles. The first-order valence-electron chi connectivity index (χ1n) is 9.16. The third-order valence-corrected chi connectivity index (χ3v) is 5.14. The van der Waals surface area contributed by atoms with Crippen LogP contribution in [0.4, 0.5) is 10.1 Å². The normalized spacial score (nSPS) is 16.0. The average molecular weight is 384 g/mol. The van der Waals surface area contributed by atoms with Gasteiger partial charge in [-0.2, -0.15) is 0 Å². The summed E-state index contributed by atoms with van der Waals surface area (Å²) in [6.45, 7) is 5.43. The molecule has 1 N–H and O–H groups in total. The van der Waals surface area contributed by atoms with Crippen LogP contribution in [-0.2, 0) is 4.79 Å². The summed E-state index contributed by atoms with van der Waals surface area (Å²) >= 11 is 0. The monoisotopic (exact) mass is 384 g/mol. The number of hydrogen-bond donors (Lipinski definition) is 1. The number of benzene rings is 2. The number of carbonyl (C=O) groups excluding carboxylic acids is 2. The first-order valence-corrected chi connectivity index (χ1v) is 9.16. The maximum atomic E-state index is 14.3. The Morgan fingerprint density at radius 2 is 2.04 bits per heavy atom. The molecule has 0 atom stereocenters. The molecule has 2 amide bonds. The molecule has 7 heteroatoms. The number of hydrogen-bond acceptors (Lipinski definition) is 4. The third kappa shape index (κ3) is 3.52.